The molecule has 0 spiro atoms. The standard InChI is InChI=1S/C106H69B2N5O/c1-8-35-70(36-9-1)101-81-51-22-24-53-83(81)103(84-54-25-23-52-82(84)101)72-39-34-50-78(63-72)112-94-62-33-30-59-89(94)107-91-68-92-99(114-100-67-80(110(75-44-16-5-17-45-75)76-46-18-6-19-47-76)66-98-105(100)108(92)90-60-31-32-61-93(90)111(98)77-48-20-7-21-49-77)69-95(91)113(97-65-79(64-96(112)104(97)107)109(73-40-12-3-13-41-73)74-42-14-4-15-43-74)106-87-57-28-26-55-85(87)102(71-37-10-2-11-38-71)86-56-27-29-58-88(86)106/h1-69H. The second kappa shape index (κ2) is 26.4. The van der Waals surface area contributed by atoms with E-state index in [1.54, 1.807) is 0 Å². The van der Waals surface area contributed by atoms with E-state index in [-0.39, 0.29) is 13.4 Å². The van der Waals surface area contributed by atoms with Gasteiger partial charge < -0.3 is 29.2 Å². The molecule has 0 aliphatic carbocycles. The van der Waals surface area contributed by atoms with Crippen LogP contribution in [0.5, 0.6) is 11.5 Å². The number of hydrogen-bond donors (Lipinski definition) is 0. The van der Waals surface area contributed by atoms with Gasteiger partial charge in [-0.25, -0.2) is 0 Å². The number of benzene rings is 19. The number of rotatable bonds is 12. The van der Waals surface area contributed by atoms with Crippen molar-refractivity contribution in [2.45, 2.75) is 0 Å². The van der Waals surface area contributed by atoms with E-state index in [0.29, 0.717) is 0 Å². The molecule has 0 saturated heterocycles. The van der Waals surface area contributed by atoms with E-state index in [0.717, 1.165) is 140 Å². The zero-order chi connectivity index (χ0) is 74.9. The van der Waals surface area contributed by atoms with Crippen molar-refractivity contribution in [3.63, 3.8) is 0 Å². The predicted octanol–water partition coefficient (Wildman–Crippen LogP) is 24.7. The Balaban J connectivity index is 0.836. The van der Waals surface area contributed by atoms with Gasteiger partial charge in [-0.05, 0) is 202 Å². The zero-order valence-corrected chi connectivity index (χ0v) is 62.1. The molecule has 19 aromatic carbocycles. The smallest absolute Gasteiger partial charge is 0.256 e. The summed E-state index contributed by atoms with van der Waals surface area (Å²) < 4.78 is 8.04. The average Bonchev–Trinajstić information content (AvgIpc) is 0.680. The fourth-order valence-electron chi connectivity index (χ4n) is 19.4. The summed E-state index contributed by atoms with van der Waals surface area (Å²) in [6, 6.07) is 155. The number of hydrogen-bond acceptors (Lipinski definition) is 6. The second-order valence-electron chi connectivity index (χ2n) is 30.1. The van der Waals surface area contributed by atoms with E-state index in [2.05, 4.69) is 443 Å². The molecule has 4 aliphatic rings. The molecule has 4 aliphatic heterocycles. The third kappa shape index (κ3) is 10.2. The monoisotopic (exact) mass is 1450 g/mol. The fourth-order valence-corrected chi connectivity index (χ4v) is 19.4. The van der Waals surface area contributed by atoms with E-state index >= 15 is 0 Å². The molecule has 8 heteroatoms. The van der Waals surface area contributed by atoms with Crippen LogP contribution < -0.4 is 62.0 Å². The molecule has 0 N–H and O–H groups in total. The molecule has 19 aromatic rings. The van der Waals surface area contributed by atoms with Gasteiger partial charge in [-0.2, -0.15) is 0 Å². The van der Waals surface area contributed by atoms with Crippen LogP contribution in [0.15, 0.2) is 419 Å². The summed E-state index contributed by atoms with van der Waals surface area (Å²) >= 11 is 0. The van der Waals surface area contributed by atoms with Crippen LogP contribution in [-0.4, -0.2) is 13.4 Å². The van der Waals surface area contributed by atoms with Gasteiger partial charge in [0.15, 0.2) is 0 Å². The minimum Gasteiger partial charge on any atom is -0.458 e. The molecular weight excluding hydrogens is 1380 g/mol. The first-order chi connectivity index (χ1) is 56.6. The molecule has 0 aromatic heterocycles. The lowest BCUT2D eigenvalue weighted by Crippen LogP contribution is -2.64. The number of ether oxygens (including phenoxy) is 1. The molecule has 6 nitrogen and oxygen atoms in total. The first kappa shape index (κ1) is 65.1. The molecule has 0 unspecified atom stereocenters. The van der Waals surface area contributed by atoms with Gasteiger partial charge in [0.2, 0.25) is 0 Å². The first-order valence-corrected chi connectivity index (χ1v) is 39.4. The van der Waals surface area contributed by atoms with Crippen molar-refractivity contribution in [1.29, 1.82) is 0 Å². The Bertz CT molecular complexity index is 6860. The van der Waals surface area contributed by atoms with Crippen molar-refractivity contribution in [2.75, 3.05) is 24.5 Å². The summed E-state index contributed by atoms with van der Waals surface area (Å²) in [6.45, 7) is -0.553. The van der Waals surface area contributed by atoms with Gasteiger partial charge in [-0.3, -0.25) is 0 Å². The third-order valence-electron chi connectivity index (χ3n) is 23.9. The number of anilines is 15. The van der Waals surface area contributed by atoms with E-state index < -0.39 is 0 Å². The first-order valence-electron chi connectivity index (χ1n) is 39.4. The van der Waals surface area contributed by atoms with Crippen molar-refractivity contribution in [3.05, 3.63) is 419 Å². The van der Waals surface area contributed by atoms with Crippen LogP contribution in [0, 0.1) is 0 Å². The molecule has 0 radical (unpaired) electrons. The van der Waals surface area contributed by atoms with Gasteiger partial charge in [-0.15, -0.1) is 0 Å². The molecule has 114 heavy (non-hydrogen) atoms. The normalized spacial score (nSPS) is 12.7. The number of nitrogens with zero attached hydrogens (tertiary/aromatic N) is 5. The molecular formula is C106H69B2N5O. The highest BCUT2D eigenvalue weighted by Gasteiger charge is 2.49. The quantitative estimate of drug-likeness (QED) is 0.0893. The lowest BCUT2D eigenvalue weighted by atomic mass is 9.30. The minimum atomic E-state index is -0.300. The molecule has 23 rings (SSSR count). The maximum atomic E-state index is 8.04. The lowest BCUT2D eigenvalue weighted by Gasteiger charge is -2.46. The Kier molecular flexibility index (Phi) is 15.1. The molecule has 0 amide bonds. The van der Waals surface area contributed by atoms with Crippen LogP contribution in [0.4, 0.5) is 85.3 Å². The Labute approximate surface area is 662 Å². The fraction of sp³-hybridized carbons (Fsp3) is 0. The third-order valence-corrected chi connectivity index (χ3v) is 23.9. The van der Waals surface area contributed by atoms with Gasteiger partial charge in [0.05, 0.1) is 17.1 Å². The van der Waals surface area contributed by atoms with Gasteiger partial charge >= 0.3 is 0 Å². The average molecular weight is 1450 g/mol. The van der Waals surface area contributed by atoms with Gasteiger partial charge in [0.1, 0.15) is 11.5 Å². The Morgan fingerprint density at radius 3 is 1.02 bits per heavy atom. The number of para-hydroxylation sites is 7. The topological polar surface area (TPSA) is 25.4 Å². The highest BCUT2D eigenvalue weighted by Crippen LogP contribution is 2.55. The predicted molar refractivity (Wildman–Crippen MR) is 482 cm³/mol. The molecule has 0 atom stereocenters. The van der Waals surface area contributed by atoms with E-state index in [1.807, 2.05) is 0 Å². The maximum absolute atomic E-state index is 8.04. The van der Waals surface area contributed by atoms with Crippen LogP contribution in [0.1, 0.15) is 0 Å². The largest absolute Gasteiger partial charge is 0.458 e. The summed E-state index contributed by atoms with van der Waals surface area (Å²) in [4.78, 5) is 12.5. The van der Waals surface area contributed by atoms with Crippen LogP contribution in [-0.2, 0) is 0 Å². The van der Waals surface area contributed by atoms with E-state index in [1.165, 1.54) is 65.6 Å². The van der Waals surface area contributed by atoms with Crippen molar-refractivity contribution < 1.29 is 4.74 Å². The SMILES string of the molecule is c1ccc(-c2c3ccccc3c(-c3cccc(N4c5ccccc5B5c6cc7c(cc6N(c6c8ccccc8c(-c8ccccc8)c8ccccc68)c6cc(N(c8ccccc8)c8ccccc8)cc4c65)Oc4cc(N(c5ccccc5)c5ccccc5)cc5c4B7c4ccccc4N5c4ccccc4)c3)c3ccccc23)cc1. The van der Waals surface area contributed by atoms with Crippen molar-refractivity contribution in [3.8, 4) is 44.9 Å². The van der Waals surface area contributed by atoms with Crippen LogP contribution in [0.2, 0.25) is 0 Å². The van der Waals surface area contributed by atoms with Crippen LogP contribution in [0.25, 0.3) is 76.5 Å². The van der Waals surface area contributed by atoms with Gasteiger partial charge in [0.25, 0.3) is 13.4 Å². The second-order valence-corrected chi connectivity index (χ2v) is 30.1. The van der Waals surface area contributed by atoms with Crippen molar-refractivity contribution in [1.82, 2.24) is 0 Å². The summed E-state index contributed by atoms with van der Waals surface area (Å²) in [5, 5.41) is 9.41. The molecule has 4 heterocycles. The van der Waals surface area contributed by atoms with Crippen molar-refractivity contribution in [2.24, 2.45) is 0 Å². The highest BCUT2D eigenvalue weighted by molar-refractivity contribution is 7.02. The molecule has 0 bridgehead atoms. The van der Waals surface area contributed by atoms with Crippen LogP contribution in [0.3, 0.4) is 0 Å². The Hall–Kier alpha value is -14.9. The Morgan fingerprint density at radius 1 is 0.202 bits per heavy atom. The van der Waals surface area contributed by atoms with Crippen LogP contribution >= 0.6 is 0 Å². The zero-order valence-electron chi connectivity index (χ0n) is 62.1. The lowest BCUT2D eigenvalue weighted by molar-refractivity contribution is 0.488. The molecule has 530 valence electrons. The summed E-state index contributed by atoms with van der Waals surface area (Å²) in [5.41, 5.74) is 30.0. The van der Waals surface area contributed by atoms with E-state index in [4.69, 9.17) is 4.74 Å². The van der Waals surface area contributed by atoms with Gasteiger partial charge in [0, 0.05) is 91.2 Å². The maximum Gasteiger partial charge on any atom is 0.256 e. The summed E-state index contributed by atoms with van der Waals surface area (Å²) in [7, 11) is 0. The Morgan fingerprint density at radius 2 is 0.544 bits per heavy atom. The summed E-state index contributed by atoms with van der Waals surface area (Å²) in [5.74, 6) is 1.61. The van der Waals surface area contributed by atoms with Gasteiger partial charge in [-0.1, -0.05) is 303 Å². The number of fused-ring (bicyclic) bond motifs is 12. The van der Waals surface area contributed by atoms with Crippen molar-refractivity contribution >= 4 is 175 Å². The summed E-state index contributed by atoms with van der Waals surface area (Å²) in [6.07, 6.45) is 0. The highest BCUT2D eigenvalue weighted by atomic mass is 16.5. The molecule has 0 saturated carbocycles. The molecule has 0 fully saturated rings. The van der Waals surface area contributed by atoms with E-state index in [9.17, 15) is 0 Å². The minimum absolute atomic E-state index is 0.253.